The van der Waals surface area contributed by atoms with Crippen LogP contribution in [0.25, 0.3) is 0 Å². The highest BCUT2D eigenvalue weighted by Crippen LogP contribution is 2.46. The first-order valence-corrected chi connectivity index (χ1v) is 7.51. The minimum absolute atomic E-state index is 0.300. The average molecular weight is 283 g/mol. The number of rotatable bonds is 1. The summed E-state index contributed by atoms with van der Waals surface area (Å²) in [6.45, 7) is 0.654. The summed E-state index contributed by atoms with van der Waals surface area (Å²) in [6, 6.07) is 4.63. The van der Waals surface area contributed by atoms with Gasteiger partial charge >= 0.3 is 6.18 Å². The fourth-order valence-corrected chi connectivity index (χ4v) is 3.85. The van der Waals surface area contributed by atoms with Gasteiger partial charge in [-0.1, -0.05) is 31.4 Å². The summed E-state index contributed by atoms with van der Waals surface area (Å²) in [5, 5.41) is 2.99. The molecule has 0 aromatic heterocycles. The summed E-state index contributed by atoms with van der Waals surface area (Å²) in [4.78, 5) is 0. The van der Waals surface area contributed by atoms with E-state index in [0.717, 1.165) is 12.0 Å². The van der Waals surface area contributed by atoms with Gasteiger partial charge in [-0.05, 0) is 42.7 Å². The van der Waals surface area contributed by atoms with E-state index in [-0.39, 0.29) is 0 Å². The number of benzene rings is 1. The van der Waals surface area contributed by atoms with Crippen LogP contribution in [0.4, 0.5) is 18.9 Å². The third-order valence-electron chi connectivity index (χ3n) is 4.78. The molecule has 1 fully saturated rings. The maximum atomic E-state index is 13.1. The van der Waals surface area contributed by atoms with Crippen molar-refractivity contribution in [2.24, 2.45) is 5.92 Å². The van der Waals surface area contributed by atoms with Crippen LogP contribution < -0.4 is 5.32 Å². The van der Waals surface area contributed by atoms with Crippen molar-refractivity contribution >= 4 is 5.69 Å². The van der Waals surface area contributed by atoms with E-state index >= 15 is 0 Å². The van der Waals surface area contributed by atoms with Gasteiger partial charge in [0.1, 0.15) is 0 Å². The van der Waals surface area contributed by atoms with Crippen molar-refractivity contribution in [2.75, 3.05) is 11.9 Å². The van der Waals surface area contributed by atoms with Gasteiger partial charge in [-0.2, -0.15) is 13.2 Å². The number of fused-ring (bicyclic) bond motifs is 1. The molecule has 1 heterocycles. The Kier molecular flexibility index (Phi) is 3.65. The van der Waals surface area contributed by atoms with Crippen molar-refractivity contribution in [1.82, 2.24) is 0 Å². The molecule has 4 heteroatoms. The van der Waals surface area contributed by atoms with Crippen LogP contribution in [-0.4, -0.2) is 6.54 Å². The lowest BCUT2D eigenvalue weighted by atomic mass is 9.73. The van der Waals surface area contributed by atoms with Gasteiger partial charge in [0.05, 0.1) is 5.56 Å². The van der Waals surface area contributed by atoms with Crippen molar-refractivity contribution < 1.29 is 13.2 Å². The van der Waals surface area contributed by atoms with Crippen molar-refractivity contribution in [3.05, 3.63) is 29.3 Å². The molecular formula is C16H20F3N. The van der Waals surface area contributed by atoms with Gasteiger partial charge in [-0.3, -0.25) is 0 Å². The maximum absolute atomic E-state index is 13.1. The summed E-state index contributed by atoms with van der Waals surface area (Å²) >= 11 is 0. The zero-order valence-electron chi connectivity index (χ0n) is 11.5. The third kappa shape index (κ3) is 2.52. The molecule has 3 rings (SSSR count). The van der Waals surface area contributed by atoms with Crippen LogP contribution in [0.3, 0.4) is 0 Å². The van der Waals surface area contributed by atoms with E-state index in [0.29, 0.717) is 24.1 Å². The minimum Gasteiger partial charge on any atom is -0.384 e. The van der Waals surface area contributed by atoms with E-state index in [1.54, 1.807) is 6.07 Å². The lowest BCUT2D eigenvalue weighted by Crippen LogP contribution is -2.26. The zero-order valence-corrected chi connectivity index (χ0v) is 11.5. The number of hydrogen-bond acceptors (Lipinski definition) is 1. The summed E-state index contributed by atoms with van der Waals surface area (Å²) in [5.74, 6) is 0.863. The first kappa shape index (κ1) is 13.8. The number of para-hydroxylation sites is 1. The van der Waals surface area contributed by atoms with Gasteiger partial charge in [0.2, 0.25) is 0 Å². The zero-order chi connectivity index (χ0) is 14.2. The van der Waals surface area contributed by atoms with E-state index in [1.807, 2.05) is 6.07 Å². The topological polar surface area (TPSA) is 12.0 Å². The molecular weight excluding hydrogens is 263 g/mol. The van der Waals surface area contributed by atoms with Crippen LogP contribution >= 0.6 is 0 Å². The molecule has 1 aromatic rings. The van der Waals surface area contributed by atoms with Crippen LogP contribution in [0, 0.1) is 5.92 Å². The Morgan fingerprint density at radius 2 is 1.75 bits per heavy atom. The Morgan fingerprint density at radius 3 is 2.45 bits per heavy atom. The summed E-state index contributed by atoms with van der Waals surface area (Å²) in [5.41, 5.74) is 0.718. The predicted octanol–water partition coefficient (Wildman–Crippen LogP) is 5.18. The predicted molar refractivity (Wildman–Crippen MR) is 73.9 cm³/mol. The fourth-order valence-electron chi connectivity index (χ4n) is 3.85. The normalized spacial score (nSPS) is 24.1. The first-order chi connectivity index (χ1) is 9.57. The van der Waals surface area contributed by atoms with Crippen LogP contribution in [0.1, 0.15) is 55.6 Å². The molecule has 0 amide bonds. The molecule has 0 saturated heterocycles. The summed E-state index contributed by atoms with van der Waals surface area (Å²) < 4.78 is 39.3. The quantitative estimate of drug-likeness (QED) is 0.748. The largest absolute Gasteiger partial charge is 0.418 e. The number of nitrogens with one attached hydrogen (secondary N) is 1. The second kappa shape index (κ2) is 5.30. The number of alkyl halides is 3. The van der Waals surface area contributed by atoms with Crippen molar-refractivity contribution in [2.45, 2.75) is 50.6 Å². The van der Waals surface area contributed by atoms with Gasteiger partial charge in [-0.25, -0.2) is 0 Å². The fraction of sp³-hybridized carbons (Fsp3) is 0.625. The molecule has 0 radical (unpaired) electrons. The third-order valence-corrected chi connectivity index (χ3v) is 4.78. The van der Waals surface area contributed by atoms with E-state index in [1.165, 1.54) is 38.2 Å². The maximum Gasteiger partial charge on any atom is 0.418 e. The molecule has 1 aliphatic carbocycles. The van der Waals surface area contributed by atoms with E-state index in [2.05, 4.69) is 5.32 Å². The van der Waals surface area contributed by atoms with Gasteiger partial charge in [0, 0.05) is 12.2 Å². The molecule has 20 heavy (non-hydrogen) atoms. The average Bonchev–Trinajstić information content (AvgIpc) is 2.46. The van der Waals surface area contributed by atoms with Crippen LogP contribution in [0.15, 0.2) is 18.2 Å². The van der Waals surface area contributed by atoms with Crippen molar-refractivity contribution in [3.8, 4) is 0 Å². The highest BCUT2D eigenvalue weighted by molar-refractivity contribution is 5.61. The smallest absolute Gasteiger partial charge is 0.384 e. The first-order valence-electron chi connectivity index (χ1n) is 7.51. The SMILES string of the molecule is FC(F)(F)c1cccc2c1NCCC2C1CCCCC1. The molecule has 1 saturated carbocycles. The Hall–Kier alpha value is -1.19. The Labute approximate surface area is 117 Å². The minimum atomic E-state index is -4.27. The number of anilines is 1. The van der Waals surface area contributed by atoms with E-state index in [9.17, 15) is 13.2 Å². The highest BCUT2D eigenvalue weighted by atomic mass is 19.4. The van der Waals surface area contributed by atoms with E-state index in [4.69, 9.17) is 0 Å². The van der Waals surface area contributed by atoms with Crippen LogP contribution in [-0.2, 0) is 6.18 Å². The monoisotopic (exact) mass is 283 g/mol. The molecule has 1 aromatic carbocycles. The molecule has 110 valence electrons. The van der Waals surface area contributed by atoms with Gasteiger partial charge in [-0.15, -0.1) is 0 Å². The van der Waals surface area contributed by atoms with E-state index < -0.39 is 11.7 Å². The number of halogens is 3. The van der Waals surface area contributed by atoms with Gasteiger partial charge < -0.3 is 5.32 Å². The van der Waals surface area contributed by atoms with Crippen molar-refractivity contribution in [3.63, 3.8) is 0 Å². The second-order valence-electron chi connectivity index (χ2n) is 5.99. The standard InChI is InChI=1S/C16H20F3N/c17-16(18,19)14-8-4-7-13-12(9-10-20-15(13)14)11-5-2-1-3-6-11/h4,7-8,11-12,20H,1-3,5-6,9-10H2. The lowest BCUT2D eigenvalue weighted by Gasteiger charge is -2.36. The summed E-state index contributed by atoms with van der Waals surface area (Å²) in [6.07, 6.45) is 2.75. The molecule has 0 spiro atoms. The molecule has 1 N–H and O–H groups in total. The van der Waals surface area contributed by atoms with Gasteiger partial charge in [0.15, 0.2) is 0 Å². The highest BCUT2D eigenvalue weighted by Gasteiger charge is 2.37. The molecule has 0 bridgehead atoms. The molecule has 1 nitrogen and oxygen atoms in total. The molecule has 1 unspecified atom stereocenters. The second-order valence-corrected chi connectivity index (χ2v) is 5.99. The Bertz CT molecular complexity index is 475. The van der Waals surface area contributed by atoms with Gasteiger partial charge in [0.25, 0.3) is 0 Å². The Balaban J connectivity index is 1.96. The Morgan fingerprint density at radius 1 is 1.00 bits per heavy atom. The summed E-state index contributed by atoms with van der Waals surface area (Å²) in [7, 11) is 0. The molecule has 1 atom stereocenters. The van der Waals surface area contributed by atoms with Crippen LogP contribution in [0.2, 0.25) is 0 Å². The number of hydrogen-bond donors (Lipinski definition) is 1. The van der Waals surface area contributed by atoms with Crippen molar-refractivity contribution in [1.29, 1.82) is 0 Å². The molecule has 1 aliphatic heterocycles. The molecule has 2 aliphatic rings. The lowest BCUT2D eigenvalue weighted by molar-refractivity contribution is -0.137. The van der Waals surface area contributed by atoms with Crippen LogP contribution in [0.5, 0.6) is 0 Å².